The van der Waals surface area contributed by atoms with Crippen LogP contribution >= 0.6 is 0 Å². The van der Waals surface area contributed by atoms with E-state index in [1.165, 1.54) is 0 Å². The monoisotopic (exact) mass is 180 g/mol. The van der Waals surface area contributed by atoms with Gasteiger partial charge in [0, 0.05) is 12.4 Å². The highest BCUT2D eigenvalue weighted by Gasteiger charge is 2.34. The van der Waals surface area contributed by atoms with Gasteiger partial charge in [0.05, 0.1) is 18.5 Å². The van der Waals surface area contributed by atoms with Crippen molar-refractivity contribution >= 4 is 0 Å². The summed E-state index contributed by atoms with van der Waals surface area (Å²) in [6.07, 6.45) is 8.62. The number of hydrogen-bond acceptors (Lipinski definition) is 2. The van der Waals surface area contributed by atoms with Crippen LogP contribution in [-0.4, -0.2) is 20.8 Å². The van der Waals surface area contributed by atoms with Gasteiger partial charge in [0.2, 0.25) is 0 Å². The van der Waals surface area contributed by atoms with E-state index in [0.29, 0.717) is 5.92 Å². The number of aliphatic hydroxyl groups excluding tert-OH is 1. The van der Waals surface area contributed by atoms with Crippen molar-refractivity contribution in [1.82, 2.24) is 9.55 Å². The van der Waals surface area contributed by atoms with Gasteiger partial charge in [0.25, 0.3) is 0 Å². The first-order valence-electron chi connectivity index (χ1n) is 4.98. The molecule has 1 fully saturated rings. The van der Waals surface area contributed by atoms with Crippen molar-refractivity contribution in [2.45, 2.75) is 38.3 Å². The molecule has 1 aliphatic carbocycles. The third-order valence-corrected chi connectivity index (χ3v) is 3.14. The van der Waals surface area contributed by atoms with Gasteiger partial charge in [-0.05, 0) is 18.8 Å². The SMILES string of the molecule is CC[C@@H]1CC[C@@H](n2ccnc2)[C@@H]1O. The molecule has 72 valence electrons. The highest BCUT2D eigenvalue weighted by molar-refractivity contribution is 4.91. The Morgan fingerprint density at radius 2 is 2.38 bits per heavy atom. The minimum absolute atomic E-state index is 0.181. The van der Waals surface area contributed by atoms with E-state index in [0.717, 1.165) is 19.3 Å². The van der Waals surface area contributed by atoms with Crippen molar-refractivity contribution in [3.05, 3.63) is 18.7 Å². The lowest BCUT2D eigenvalue weighted by atomic mass is 10.0. The second kappa shape index (κ2) is 3.50. The molecule has 0 saturated heterocycles. The zero-order valence-corrected chi connectivity index (χ0v) is 7.93. The Kier molecular flexibility index (Phi) is 2.36. The summed E-state index contributed by atoms with van der Waals surface area (Å²) in [6.45, 7) is 2.14. The van der Waals surface area contributed by atoms with Crippen molar-refractivity contribution in [3.63, 3.8) is 0 Å². The predicted molar refractivity (Wildman–Crippen MR) is 50.3 cm³/mol. The Balaban J connectivity index is 2.11. The van der Waals surface area contributed by atoms with E-state index in [-0.39, 0.29) is 12.1 Å². The molecule has 0 aliphatic heterocycles. The average molecular weight is 180 g/mol. The van der Waals surface area contributed by atoms with Gasteiger partial charge in [-0.25, -0.2) is 4.98 Å². The Hall–Kier alpha value is -0.830. The largest absolute Gasteiger partial charge is 0.391 e. The molecular formula is C10H16N2O. The van der Waals surface area contributed by atoms with Crippen LogP contribution in [0.1, 0.15) is 32.2 Å². The summed E-state index contributed by atoms with van der Waals surface area (Å²) in [6, 6.07) is 0.257. The van der Waals surface area contributed by atoms with E-state index in [9.17, 15) is 5.11 Å². The van der Waals surface area contributed by atoms with E-state index in [4.69, 9.17) is 0 Å². The smallest absolute Gasteiger partial charge is 0.0949 e. The molecule has 2 rings (SSSR count). The lowest BCUT2D eigenvalue weighted by molar-refractivity contribution is 0.0930. The molecule has 1 aromatic rings. The van der Waals surface area contributed by atoms with Crippen molar-refractivity contribution < 1.29 is 5.11 Å². The van der Waals surface area contributed by atoms with E-state index < -0.39 is 0 Å². The maximum Gasteiger partial charge on any atom is 0.0949 e. The second-order valence-corrected chi connectivity index (χ2v) is 3.81. The number of imidazole rings is 1. The minimum Gasteiger partial charge on any atom is -0.391 e. The average Bonchev–Trinajstić information content (AvgIpc) is 2.72. The van der Waals surface area contributed by atoms with Crippen LogP contribution in [0.3, 0.4) is 0 Å². The molecule has 1 saturated carbocycles. The predicted octanol–water partition coefficient (Wildman–Crippen LogP) is 1.61. The molecule has 0 bridgehead atoms. The molecule has 1 aliphatic rings. The first kappa shape index (κ1) is 8.75. The number of hydrogen-bond donors (Lipinski definition) is 1. The van der Waals surface area contributed by atoms with Crippen LogP contribution in [0, 0.1) is 5.92 Å². The normalized spacial score (nSPS) is 33.8. The summed E-state index contributed by atoms with van der Waals surface area (Å²) >= 11 is 0. The van der Waals surface area contributed by atoms with Crippen LogP contribution in [0.4, 0.5) is 0 Å². The lowest BCUT2D eigenvalue weighted by Gasteiger charge is -2.19. The molecule has 0 aromatic carbocycles. The fourth-order valence-electron chi connectivity index (χ4n) is 2.28. The minimum atomic E-state index is -0.181. The number of aliphatic hydroxyl groups is 1. The summed E-state index contributed by atoms with van der Waals surface area (Å²) in [4.78, 5) is 4.00. The van der Waals surface area contributed by atoms with E-state index in [2.05, 4.69) is 11.9 Å². The maximum atomic E-state index is 9.97. The summed E-state index contributed by atoms with van der Waals surface area (Å²) in [5.74, 6) is 0.479. The van der Waals surface area contributed by atoms with Gasteiger partial charge < -0.3 is 9.67 Å². The van der Waals surface area contributed by atoms with Crippen molar-refractivity contribution in [2.24, 2.45) is 5.92 Å². The van der Waals surface area contributed by atoms with Gasteiger partial charge in [0.1, 0.15) is 0 Å². The van der Waals surface area contributed by atoms with Crippen LogP contribution in [0.25, 0.3) is 0 Å². The second-order valence-electron chi connectivity index (χ2n) is 3.81. The van der Waals surface area contributed by atoms with Gasteiger partial charge in [0.15, 0.2) is 0 Å². The van der Waals surface area contributed by atoms with Crippen LogP contribution in [0.15, 0.2) is 18.7 Å². The number of nitrogens with zero attached hydrogens (tertiary/aromatic N) is 2. The van der Waals surface area contributed by atoms with Gasteiger partial charge in [-0.3, -0.25) is 0 Å². The topological polar surface area (TPSA) is 38.0 Å². The third-order valence-electron chi connectivity index (χ3n) is 3.14. The fraction of sp³-hybridized carbons (Fsp3) is 0.700. The van der Waals surface area contributed by atoms with Crippen LogP contribution in [0.5, 0.6) is 0 Å². The zero-order chi connectivity index (χ0) is 9.26. The first-order valence-corrected chi connectivity index (χ1v) is 4.98. The fourth-order valence-corrected chi connectivity index (χ4v) is 2.28. The third kappa shape index (κ3) is 1.48. The zero-order valence-electron chi connectivity index (χ0n) is 7.93. The van der Waals surface area contributed by atoms with Gasteiger partial charge >= 0.3 is 0 Å². The van der Waals surface area contributed by atoms with Crippen molar-refractivity contribution in [1.29, 1.82) is 0 Å². The Morgan fingerprint density at radius 1 is 1.54 bits per heavy atom. The number of aromatic nitrogens is 2. The standard InChI is InChI=1S/C10H16N2O/c1-2-8-3-4-9(10(8)13)12-6-5-11-7-12/h5-10,13H,2-4H2,1H3/t8-,9-,10-/m1/s1. The molecule has 0 unspecified atom stereocenters. The van der Waals surface area contributed by atoms with Crippen LogP contribution in [-0.2, 0) is 0 Å². The summed E-state index contributed by atoms with van der Waals surface area (Å²) in [5, 5.41) is 9.97. The maximum absolute atomic E-state index is 9.97. The van der Waals surface area contributed by atoms with E-state index in [1.54, 1.807) is 12.5 Å². The summed E-state index contributed by atoms with van der Waals surface area (Å²) in [7, 11) is 0. The Bertz CT molecular complexity index is 258. The van der Waals surface area contributed by atoms with E-state index in [1.807, 2.05) is 10.8 Å². The van der Waals surface area contributed by atoms with Gasteiger partial charge in [-0.1, -0.05) is 13.3 Å². The molecule has 0 spiro atoms. The quantitative estimate of drug-likeness (QED) is 0.750. The molecule has 3 atom stereocenters. The van der Waals surface area contributed by atoms with Gasteiger partial charge in [-0.15, -0.1) is 0 Å². The highest BCUT2D eigenvalue weighted by Crippen LogP contribution is 2.36. The molecule has 13 heavy (non-hydrogen) atoms. The number of rotatable bonds is 2. The molecule has 3 nitrogen and oxygen atoms in total. The van der Waals surface area contributed by atoms with E-state index >= 15 is 0 Å². The van der Waals surface area contributed by atoms with Crippen LogP contribution in [0.2, 0.25) is 0 Å². The highest BCUT2D eigenvalue weighted by atomic mass is 16.3. The molecule has 3 heteroatoms. The van der Waals surface area contributed by atoms with Crippen molar-refractivity contribution in [2.75, 3.05) is 0 Å². The Labute approximate surface area is 78.4 Å². The Morgan fingerprint density at radius 3 is 2.92 bits per heavy atom. The molecule has 1 heterocycles. The molecular weight excluding hydrogens is 164 g/mol. The molecule has 0 amide bonds. The molecule has 0 radical (unpaired) electrons. The summed E-state index contributed by atoms with van der Waals surface area (Å²) < 4.78 is 2.03. The lowest BCUT2D eigenvalue weighted by Crippen LogP contribution is -2.22. The van der Waals surface area contributed by atoms with Crippen molar-refractivity contribution in [3.8, 4) is 0 Å². The summed E-state index contributed by atoms with van der Waals surface area (Å²) in [5.41, 5.74) is 0. The molecule has 1 N–H and O–H groups in total. The first-order chi connectivity index (χ1) is 6.33. The molecule has 1 aromatic heterocycles. The van der Waals surface area contributed by atoms with Gasteiger partial charge in [-0.2, -0.15) is 0 Å². The van der Waals surface area contributed by atoms with Crippen LogP contribution < -0.4 is 0 Å².